The molecule has 2 atom stereocenters. The van der Waals surface area contributed by atoms with Crippen molar-refractivity contribution in [1.82, 2.24) is 4.72 Å². The van der Waals surface area contributed by atoms with Crippen molar-refractivity contribution in [2.24, 2.45) is 11.7 Å². The lowest BCUT2D eigenvalue weighted by Gasteiger charge is -2.17. The summed E-state index contributed by atoms with van der Waals surface area (Å²) >= 11 is 0. The standard InChI is InChI=1S/C10H22N2O2S/c1-8(2)6-7-15(13,14)12-10-5-3-4-9(10)11/h8-10,12H,3-7,11H2,1-2H3. The van der Waals surface area contributed by atoms with E-state index in [0.29, 0.717) is 12.3 Å². The molecule has 4 nitrogen and oxygen atoms in total. The molecule has 0 amide bonds. The highest BCUT2D eigenvalue weighted by Crippen LogP contribution is 2.18. The fourth-order valence-electron chi connectivity index (χ4n) is 1.82. The summed E-state index contributed by atoms with van der Waals surface area (Å²) in [6.07, 6.45) is 3.54. The summed E-state index contributed by atoms with van der Waals surface area (Å²) in [5, 5.41) is 0. The van der Waals surface area contributed by atoms with Crippen LogP contribution in [-0.2, 0) is 10.0 Å². The summed E-state index contributed by atoms with van der Waals surface area (Å²) < 4.78 is 26.0. The smallest absolute Gasteiger partial charge is 0.211 e. The predicted molar refractivity (Wildman–Crippen MR) is 62.0 cm³/mol. The molecule has 1 aliphatic rings. The van der Waals surface area contributed by atoms with E-state index in [0.717, 1.165) is 19.3 Å². The lowest BCUT2D eigenvalue weighted by Crippen LogP contribution is -2.44. The van der Waals surface area contributed by atoms with Crippen molar-refractivity contribution in [2.45, 2.75) is 51.6 Å². The maximum Gasteiger partial charge on any atom is 0.211 e. The maximum atomic E-state index is 11.7. The SMILES string of the molecule is CC(C)CCS(=O)(=O)NC1CCCC1N. The van der Waals surface area contributed by atoms with Crippen molar-refractivity contribution in [3.8, 4) is 0 Å². The van der Waals surface area contributed by atoms with E-state index >= 15 is 0 Å². The van der Waals surface area contributed by atoms with Gasteiger partial charge in [-0.3, -0.25) is 0 Å². The Morgan fingerprint density at radius 3 is 2.53 bits per heavy atom. The average Bonchev–Trinajstić information content (AvgIpc) is 2.48. The number of hydrogen-bond acceptors (Lipinski definition) is 3. The Bertz CT molecular complexity index is 288. The van der Waals surface area contributed by atoms with Crippen LogP contribution in [0.4, 0.5) is 0 Å². The molecule has 0 heterocycles. The Kier molecular flexibility index (Phi) is 4.55. The maximum absolute atomic E-state index is 11.7. The molecule has 1 saturated carbocycles. The van der Waals surface area contributed by atoms with Crippen molar-refractivity contribution >= 4 is 10.0 Å². The molecule has 15 heavy (non-hydrogen) atoms. The molecule has 3 N–H and O–H groups in total. The van der Waals surface area contributed by atoms with Crippen LogP contribution in [0.15, 0.2) is 0 Å². The molecule has 1 fully saturated rings. The summed E-state index contributed by atoms with van der Waals surface area (Å²) in [5.74, 6) is 0.632. The normalized spacial score (nSPS) is 27.5. The van der Waals surface area contributed by atoms with Gasteiger partial charge >= 0.3 is 0 Å². The molecule has 0 bridgehead atoms. The fraction of sp³-hybridized carbons (Fsp3) is 1.00. The van der Waals surface area contributed by atoms with Gasteiger partial charge in [-0.1, -0.05) is 20.3 Å². The lowest BCUT2D eigenvalue weighted by atomic mass is 10.2. The van der Waals surface area contributed by atoms with Crippen LogP contribution in [0, 0.1) is 5.92 Å². The molecule has 0 saturated heterocycles. The third-order valence-corrected chi connectivity index (χ3v) is 4.30. The van der Waals surface area contributed by atoms with Crippen molar-refractivity contribution in [1.29, 1.82) is 0 Å². The minimum Gasteiger partial charge on any atom is -0.326 e. The van der Waals surface area contributed by atoms with Gasteiger partial charge in [0.05, 0.1) is 5.75 Å². The van der Waals surface area contributed by atoms with Crippen LogP contribution in [0.5, 0.6) is 0 Å². The molecule has 0 spiro atoms. The largest absolute Gasteiger partial charge is 0.326 e. The first-order valence-corrected chi connectivity index (χ1v) is 7.31. The second kappa shape index (κ2) is 5.27. The molecule has 0 aromatic heterocycles. The molecule has 0 aliphatic heterocycles. The molecule has 0 aromatic carbocycles. The van der Waals surface area contributed by atoms with Crippen molar-refractivity contribution < 1.29 is 8.42 Å². The fourth-order valence-corrected chi connectivity index (χ4v) is 3.47. The van der Waals surface area contributed by atoms with Gasteiger partial charge in [-0.15, -0.1) is 0 Å². The zero-order valence-corrected chi connectivity index (χ0v) is 10.4. The van der Waals surface area contributed by atoms with E-state index in [2.05, 4.69) is 4.72 Å². The Hall–Kier alpha value is -0.130. The average molecular weight is 234 g/mol. The Morgan fingerprint density at radius 2 is 2.07 bits per heavy atom. The van der Waals surface area contributed by atoms with Gasteiger partial charge in [-0.2, -0.15) is 0 Å². The Balaban J connectivity index is 2.41. The van der Waals surface area contributed by atoms with Crippen LogP contribution in [0.25, 0.3) is 0 Å². The Labute approximate surface area is 92.7 Å². The van der Waals surface area contributed by atoms with E-state index in [1.54, 1.807) is 0 Å². The molecule has 90 valence electrons. The highest BCUT2D eigenvalue weighted by atomic mass is 32.2. The number of sulfonamides is 1. The monoisotopic (exact) mass is 234 g/mol. The summed E-state index contributed by atoms with van der Waals surface area (Å²) in [5.41, 5.74) is 5.82. The second-order valence-corrected chi connectivity index (χ2v) is 6.69. The zero-order chi connectivity index (χ0) is 11.5. The number of hydrogen-bond donors (Lipinski definition) is 2. The topological polar surface area (TPSA) is 72.2 Å². The van der Waals surface area contributed by atoms with E-state index in [1.165, 1.54) is 0 Å². The van der Waals surface area contributed by atoms with Gasteiger partial charge in [0.15, 0.2) is 0 Å². The molecule has 5 heteroatoms. The van der Waals surface area contributed by atoms with Crippen molar-refractivity contribution in [3.05, 3.63) is 0 Å². The number of nitrogens with two attached hydrogens (primary N) is 1. The highest BCUT2D eigenvalue weighted by Gasteiger charge is 2.27. The molecular weight excluding hydrogens is 212 g/mol. The van der Waals surface area contributed by atoms with Gasteiger partial charge in [0.1, 0.15) is 0 Å². The van der Waals surface area contributed by atoms with Crippen molar-refractivity contribution in [2.75, 3.05) is 5.75 Å². The van der Waals surface area contributed by atoms with Gasteiger partial charge in [0.2, 0.25) is 10.0 Å². The second-order valence-electron chi connectivity index (χ2n) is 4.82. The van der Waals surface area contributed by atoms with Crippen LogP contribution in [0.3, 0.4) is 0 Å². The highest BCUT2D eigenvalue weighted by molar-refractivity contribution is 7.89. The summed E-state index contributed by atoms with van der Waals surface area (Å²) in [6, 6.07) is -0.0408. The van der Waals surface area contributed by atoms with Crippen LogP contribution >= 0.6 is 0 Å². The van der Waals surface area contributed by atoms with E-state index in [4.69, 9.17) is 5.73 Å². The third-order valence-electron chi connectivity index (χ3n) is 2.86. The van der Waals surface area contributed by atoms with Crippen LogP contribution < -0.4 is 10.5 Å². The predicted octanol–water partition coefficient (Wildman–Crippen LogP) is 0.832. The van der Waals surface area contributed by atoms with Crippen LogP contribution in [0.1, 0.15) is 39.5 Å². The third kappa shape index (κ3) is 4.49. The summed E-state index contributed by atoms with van der Waals surface area (Å²) in [6.45, 7) is 4.05. The van der Waals surface area contributed by atoms with E-state index < -0.39 is 10.0 Å². The lowest BCUT2D eigenvalue weighted by molar-refractivity contribution is 0.515. The molecular formula is C10H22N2O2S. The summed E-state index contributed by atoms with van der Waals surface area (Å²) in [4.78, 5) is 0. The minimum atomic E-state index is -3.12. The Morgan fingerprint density at radius 1 is 1.40 bits per heavy atom. The van der Waals surface area contributed by atoms with Crippen LogP contribution in [0.2, 0.25) is 0 Å². The first-order valence-electron chi connectivity index (χ1n) is 5.66. The molecule has 2 unspecified atom stereocenters. The molecule has 0 radical (unpaired) electrons. The van der Waals surface area contributed by atoms with Gasteiger partial charge in [0, 0.05) is 12.1 Å². The molecule has 0 aromatic rings. The van der Waals surface area contributed by atoms with Gasteiger partial charge in [-0.25, -0.2) is 13.1 Å². The first kappa shape index (κ1) is 12.9. The minimum absolute atomic E-state index is 0.00109. The number of rotatable bonds is 5. The van der Waals surface area contributed by atoms with Crippen molar-refractivity contribution in [3.63, 3.8) is 0 Å². The zero-order valence-electron chi connectivity index (χ0n) is 9.57. The summed E-state index contributed by atoms with van der Waals surface area (Å²) in [7, 11) is -3.12. The molecule has 1 aliphatic carbocycles. The van der Waals surface area contributed by atoms with Crippen LogP contribution in [-0.4, -0.2) is 26.3 Å². The number of nitrogens with one attached hydrogen (secondary N) is 1. The van der Waals surface area contributed by atoms with E-state index in [1.807, 2.05) is 13.8 Å². The van der Waals surface area contributed by atoms with Gasteiger partial charge in [-0.05, 0) is 25.2 Å². The molecule has 1 rings (SSSR count). The van der Waals surface area contributed by atoms with E-state index in [9.17, 15) is 8.42 Å². The van der Waals surface area contributed by atoms with E-state index in [-0.39, 0.29) is 17.8 Å². The van der Waals surface area contributed by atoms with Gasteiger partial charge < -0.3 is 5.73 Å². The quantitative estimate of drug-likeness (QED) is 0.740. The van der Waals surface area contributed by atoms with Gasteiger partial charge in [0.25, 0.3) is 0 Å². The first-order chi connectivity index (χ1) is 6.91.